The summed E-state index contributed by atoms with van der Waals surface area (Å²) in [7, 11) is 0. The molecule has 0 bridgehead atoms. The van der Waals surface area contributed by atoms with Crippen molar-refractivity contribution in [2.75, 3.05) is 0 Å². The Bertz CT molecular complexity index is 796. The number of aromatic amines is 2. The van der Waals surface area contributed by atoms with Gasteiger partial charge in [-0.05, 0) is 28.7 Å². The van der Waals surface area contributed by atoms with Crippen LogP contribution in [0.25, 0.3) is 0 Å². The largest absolute Gasteiger partial charge is 0.342 e. The van der Waals surface area contributed by atoms with Gasteiger partial charge in [0.15, 0.2) is 0 Å². The maximum atomic E-state index is 11.6. The molecule has 1 heterocycles. The second-order valence-corrected chi connectivity index (χ2v) is 5.11. The van der Waals surface area contributed by atoms with Gasteiger partial charge in [-0.3, -0.25) is 14.6 Å². The van der Waals surface area contributed by atoms with Crippen molar-refractivity contribution in [3.05, 3.63) is 59.9 Å². The molecule has 1 amide bonds. The van der Waals surface area contributed by atoms with Gasteiger partial charge in [0.05, 0.1) is 12.6 Å². The molecule has 1 aromatic carbocycles. The first-order valence-electron chi connectivity index (χ1n) is 5.80. The van der Waals surface area contributed by atoms with Crippen LogP contribution in [0.1, 0.15) is 11.3 Å². The summed E-state index contributed by atoms with van der Waals surface area (Å²) in [4.78, 5) is 35.7. The van der Waals surface area contributed by atoms with Gasteiger partial charge in [0, 0.05) is 9.13 Å². The van der Waals surface area contributed by atoms with Crippen molar-refractivity contribution >= 4 is 34.7 Å². The lowest BCUT2D eigenvalue weighted by molar-refractivity contribution is -0.120. The molecule has 0 radical (unpaired) electrons. The Kier molecular flexibility index (Phi) is 4.98. The first-order valence-corrected chi connectivity index (χ1v) is 6.88. The highest BCUT2D eigenvalue weighted by molar-refractivity contribution is 14.1. The van der Waals surface area contributed by atoms with Crippen LogP contribution in [0.5, 0.6) is 0 Å². The number of amides is 1. The summed E-state index contributed by atoms with van der Waals surface area (Å²) in [5, 5.41) is 9.36. The molecule has 9 heteroatoms. The number of aromatic nitrogens is 3. The van der Waals surface area contributed by atoms with Crippen LogP contribution < -0.4 is 16.7 Å². The summed E-state index contributed by atoms with van der Waals surface area (Å²) in [6.45, 7) is 0. The first-order chi connectivity index (χ1) is 10.1. The summed E-state index contributed by atoms with van der Waals surface area (Å²) in [5.74, 6) is -0.512. The van der Waals surface area contributed by atoms with Crippen molar-refractivity contribution < 1.29 is 4.79 Å². The topological polar surface area (TPSA) is 120 Å². The van der Waals surface area contributed by atoms with Gasteiger partial charge in [0.1, 0.15) is 5.69 Å². The fraction of sp³-hybridized carbons (Fsp3) is 0.0833. The van der Waals surface area contributed by atoms with Crippen molar-refractivity contribution in [2.24, 2.45) is 5.10 Å². The molecular formula is C12H10IN5O3. The molecule has 0 saturated heterocycles. The average molecular weight is 399 g/mol. The smallest absolute Gasteiger partial charge is 0.273 e. The van der Waals surface area contributed by atoms with Gasteiger partial charge in [-0.15, -0.1) is 0 Å². The number of benzene rings is 1. The molecule has 8 nitrogen and oxygen atoms in total. The van der Waals surface area contributed by atoms with Crippen molar-refractivity contribution in [1.82, 2.24) is 20.6 Å². The molecule has 1 aromatic heterocycles. The van der Waals surface area contributed by atoms with Crippen LogP contribution in [-0.2, 0) is 11.2 Å². The lowest BCUT2D eigenvalue weighted by atomic mass is 10.2. The Morgan fingerprint density at radius 3 is 2.86 bits per heavy atom. The predicted octanol–water partition coefficient (Wildman–Crippen LogP) is -0.244. The third-order valence-corrected chi connectivity index (χ3v) is 3.39. The number of carbonyl (C=O) groups excluding carboxylic acids is 1. The number of carbonyl (C=O) groups is 1. The van der Waals surface area contributed by atoms with Crippen LogP contribution in [0.15, 0.2) is 39.0 Å². The number of H-pyrrole nitrogens is 2. The highest BCUT2D eigenvalue weighted by atomic mass is 127. The van der Waals surface area contributed by atoms with Gasteiger partial charge in [-0.25, -0.2) is 15.3 Å². The lowest BCUT2D eigenvalue weighted by Gasteiger charge is -1.99. The number of nitrogens with zero attached hydrogens (tertiary/aromatic N) is 2. The van der Waals surface area contributed by atoms with E-state index >= 15 is 0 Å². The molecule has 2 aromatic rings. The molecule has 0 aliphatic heterocycles. The minimum Gasteiger partial charge on any atom is -0.273 e. The molecule has 0 aliphatic rings. The third kappa shape index (κ3) is 4.34. The highest BCUT2D eigenvalue weighted by Crippen LogP contribution is 2.08. The normalized spacial score (nSPS) is 10.7. The predicted molar refractivity (Wildman–Crippen MR) is 84.1 cm³/mol. The molecular weight excluding hydrogens is 389 g/mol. The maximum absolute atomic E-state index is 11.6. The number of halogens is 1. The van der Waals surface area contributed by atoms with Crippen LogP contribution in [0.3, 0.4) is 0 Å². The molecule has 0 unspecified atom stereocenters. The molecule has 108 valence electrons. The summed E-state index contributed by atoms with van der Waals surface area (Å²) < 4.78 is 0.992. The molecule has 2 rings (SSSR count). The van der Waals surface area contributed by atoms with E-state index in [9.17, 15) is 14.4 Å². The molecule has 0 saturated carbocycles. The van der Waals surface area contributed by atoms with Crippen molar-refractivity contribution in [3.8, 4) is 0 Å². The Morgan fingerprint density at radius 1 is 1.38 bits per heavy atom. The van der Waals surface area contributed by atoms with Gasteiger partial charge in [0.25, 0.3) is 5.56 Å². The molecule has 3 N–H and O–H groups in total. The van der Waals surface area contributed by atoms with E-state index < -0.39 is 17.2 Å². The number of hydrogen-bond donors (Lipinski definition) is 3. The average Bonchev–Trinajstić information content (AvgIpc) is 2.44. The second kappa shape index (κ2) is 6.92. The van der Waals surface area contributed by atoms with Gasteiger partial charge < -0.3 is 0 Å². The van der Waals surface area contributed by atoms with E-state index in [1.54, 1.807) is 0 Å². The fourth-order valence-corrected chi connectivity index (χ4v) is 1.96. The molecule has 0 atom stereocenters. The Labute approximate surface area is 131 Å². The van der Waals surface area contributed by atoms with Crippen LogP contribution in [0, 0.1) is 3.57 Å². The fourth-order valence-electron chi connectivity index (χ4n) is 1.44. The SMILES string of the molecule is O=C(Cc1n[nH]c(=O)[nH]c1=O)N/N=C/c1ccccc1I. The zero-order valence-corrected chi connectivity index (χ0v) is 12.7. The number of rotatable bonds is 4. The summed E-state index contributed by atoms with van der Waals surface area (Å²) in [5.41, 5.74) is 1.64. The maximum Gasteiger partial charge on any atom is 0.342 e. The van der Waals surface area contributed by atoms with E-state index in [1.165, 1.54) is 6.21 Å². The first kappa shape index (κ1) is 15.1. The van der Waals surface area contributed by atoms with E-state index in [-0.39, 0.29) is 12.1 Å². The van der Waals surface area contributed by atoms with Crippen molar-refractivity contribution in [1.29, 1.82) is 0 Å². The van der Waals surface area contributed by atoms with Crippen molar-refractivity contribution in [2.45, 2.75) is 6.42 Å². The third-order valence-electron chi connectivity index (χ3n) is 2.41. The monoisotopic (exact) mass is 399 g/mol. The quantitative estimate of drug-likeness (QED) is 0.373. The number of hydrogen-bond acceptors (Lipinski definition) is 5. The number of nitrogens with one attached hydrogen (secondary N) is 3. The summed E-state index contributed by atoms with van der Waals surface area (Å²) in [6, 6.07) is 7.51. The van der Waals surface area contributed by atoms with Crippen molar-refractivity contribution in [3.63, 3.8) is 0 Å². The second-order valence-electron chi connectivity index (χ2n) is 3.95. The molecule has 0 spiro atoms. The van der Waals surface area contributed by atoms with Gasteiger partial charge in [-0.2, -0.15) is 10.2 Å². The number of hydrazone groups is 1. The Morgan fingerprint density at radius 2 is 2.14 bits per heavy atom. The zero-order valence-electron chi connectivity index (χ0n) is 10.6. The van der Waals surface area contributed by atoms with Crippen LogP contribution in [-0.4, -0.2) is 27.3 Å². The summed E-state index contributed by atoms with van der Waals surface area (Å²) >= 11 is 2.15. The van der Waals surface area contributed by atoms with E-state index in [0.29, 0.717) is 0 Å². The minimum atomic E-state index is -0.721. The zero-order chi connectivity index (χ0) is 15.2. The van der Waals surface area contributed by atoms with Crippen LogP contribution in [0.2, 0.25) is 0 Å². The van der Waals surface area contributed by atoms with Gasteiger partial charge in [-0.1, -0.05) is 18.2 Å². The van der Waals surface area contributed by atoms with Gasteiger partial charge >= 0.3 is 5.69 Å². The van der Waals surface area contributed by atoms with Crippen LogP contribution in [0.4, 0.5) is 0 Å². The Balaban J connectivity index is 1.98. The molecule has 0 fully saturated rings. The van der Waals surface area contributed by atoms with Gasteiger partial charge in [0.2, 0.25) is 5.91 Å². The van der Waals surface area contributed by atoms with E-state index in [1.807, 2.05) is 29.2 Å². The van der Waals surface area contributed by atoms with E-state index in [4.69, 9.17) is 0 Å². The standard InChI is InChI=1S/C12H10IN5O3/c13-8-4-2-1-3-7(8)6-14-17-10(19)5-9-11(20)15-12(21)18-16-9/h1-4,6H,5H2,(H,17,19)(H2,15,18,20,21)/b14-6+. The molecule has 0 aliphatic carbocycles. The summed E-state index contributed by atoms with van der Waals surface area (Å²) in [6.07, 6.45) is 1.22. The van der Waals surface area contributed by atoms with E-state index in [2.05, 4.69) is 43.3 Å². The van der Waals surface area contributed by atoms with Crippen LogP contribution >= 0.6 is 22.6 Å². The van der Waals surface area contributed by atoms with E-state index in [0.717, 1.165) is 9.13 Å². The highest BCUT2D eigenvalue weighted by Gasteiger charge is 2.08. The molecule has 21 heavy (non-hydrogen) atoms. The Hall–Kier alpha value is -2.30. The minimum absolute atomic E-state index is 0.0865. The lowest BCUT2D eigenvalue weighted by Crippen LogP contribution is -2.31.